The molecular weight excluding hydrogens is 389 g/mol. The summed E-state index contributed by atoms with van der Waals surface area (Å²) in [5.74, 6) is -0.235. The monoisotopic (exact) mass is 419 g/mol. The summed E-state index contributed by atoms with van der Waals surface area (Å²) in [5.41, 5.74) is 1.67. The van der Waals surface area contributed by atoms with Gasteiger partial charge < -0.3 is 5.11 Å². The fourth-order valence-electron chi connectivity index (χ4n) is 4.18. The number of sulfone groups is 1. The average Bonchev–Trinajstić information content (AvgIpc) is 3.13. The molecule has 4 nitrogen and oxygen atoms in total. The van der Waals surface area contributed by atoms with E-state index in [1.165, 1.54) is 18.4 Å². The summed E-state index contributed by atoms with van der Waals surface area (Å²) in [4.78, 5) is 2.69. The van der Waals surface area contributed by atoms with E-state index in [0.29, 0.717) is 4.90 Å². The first-order valence-electron chi connectivity index (χ1n) is 9.97. The molecule has 1 heterocycles. The smallest absolute Gasteiger partial charge is 0.175 e. The predicted octanol–water partition coefficient (Wildman–Crippen LogP) is 3.78. The Morgan fingerprint density at radius 3 is 2.28 bits per heavy atom. The summed E-state index contributed by atoms with van der Waals surface area (Å²) in [6.07, 6.45) is 3.76. The van der Waals surface area contributed by atoms with E-state index < -0.39 is 9.84 Å². The molecule has 0 aromatic heterocycles. The molecule has 1 aliphatic rings. The molecule has 0 unspecified atom stereocenters. The third-order valence-corrected chi connectivity index (χ3v) is 7.54. The van der Waals surface area contributed by atoms with Gasteiger partial charge in [0.15, 0.2) is 9.84 Å². The molecule has 2 aromatic carbocycles. The maximum atomic E-state index is 13.1. The molecule has 6 heteroatoms. The van der Waals surface area contributed by atoms with E-state index in [2.05, 4.69) is 18.7 Å². The van der Waals surface area contributed by atoms with Crippen LogP contribution in [0.15, 0.2) is 53.4 Å². The van der Waals surface area contributed by atoms with Crippen LogP contribution < -0.4 is 0 Å². The Labute approximate surface area is 173 Å². The molecule has 2 aromatic rings. The van der Waals surface area contributed by atoms with Crippen LogP contribution in [0.1, 0.15) is 37.8 Å². The van der Waals surface area contributed by atoms with Crippen molar-refractivity contribution in [2.24, 2.45) is 5.41 Å². The SMILES string of the molecule is CC(C)(c1ccc(S(C)(=O)=O)cc1)N1CC[C@](CO)(CCc2ccc(F)cc2)C1. The minimum atomic E-state index is -3.21. The second kappa shape index (κ2) is 8.17. The van der Waals surface area contributed by atoms with Gasteiger partial charge in [0.1, 0.15) is 5.82 Å². The van der Waals surface area contributed by atoms with Crippen LogP contribution >= 0.6 is 0 Å². The van der Waals surface area contributed by atoms with Crippen molar-refractivity contribution in [1.82, 2.24) is 4.90 Å². The van der Waals surface area contributed by atoms with E-state index in [-0.39, 0.29) is 23.4 Å². The zero-order valence-electron chi connectivity index (χ0n) is 17.4. The van der Waals surface area contributed by atoms with Crippen LogP contribution in [-0.4, -0.2) is 44.4 Å². The standard InChI is InChI=1S/C23H30FNO3S/c1-22(2,19-6-10-21(11-7-19)29(3,27)28)25-15-14-23(16-25,17-26)13-12-18-4-8-20(24)9-5-18/h4-11,26H,12-17H2,1-3H3/t23-/m1/s1. The average molecular weight is 420 g/mol. The van der Waals surface area contributed by atoms with Gasteiger partial charge in [-0.1, -0.05) is 24.3 Å². The predicted molar refractivity (Wildman–Crippen MR) is 113 cm³/mol. The topological polar surface area (TPSA) is 57.6 Å². The number of benzene rings is 2. The molecule has 3 rings (SSSR count). The maximum Gasteiger partial charge on any atom is 0.175 e. The van der Waals surface area contributed by atoms with Gasteiger partial charge >= 0.3 is 0 Å². The molecule has 0 radical (unpaired) electrons. The van der Waals surface area contributed by atoms with Crippen LogP contribution in [0.3, 0.4) is 0 Å². The largest absolute Gasteiger partial charge is 0.396 e. The van der Waals surface area contributed by atoms with Crippen molar-refractivity contribution in [3.8, 4) is 0 Å². The molecular formula is C23H30FNO3S. The highest BCUT2D eigenvalue weighted by Crippen LogP contribution is 2.41. The Kier molecular flexibility index (Phi) is 6.18. The first-order chi connectivity index (χ1) is 13.6. The van der Waals surface area contributed by atoms with Crippen molar-refractivity contribution in [3.63, 3.8) is 0 Å². The highest BCUT2D eigenvalue weighted by Gasteiger charge is 2.43. The summed E-state index contributed by atoms with van der Waals surface area (Å²) in [6, 6.07) is 13.7. The molecule has 0 bridgehead atoms. The van der Waals surface area contributed by atoms with Gasteiger partial charge in [0.2, 0.25) is 0 Å². The number of aryl methyl sites for hydroxylation is 1. The summed E-state index contributed by atoms with van der Waals surface area (Å²) in [6.45, 7) is 6.02. The summed E-state index contributed by atoms with van der Waals surface area (Å²) < 4.78 is 36.6. The van der Waals surface area contributed by atoms with E-state index in [9.17, 15) is 17.9 Å². The minimum absolute atomic E-state index is 0.119. The molecule has 1 atom stereocenters. The van der Waals surface area contributed by atoms with Crippen molar-refractivity contribution >= 4 is 9.84 Å². The van der Waals surface area contributed by atoms with Gasteiger partial charge in [0, 0.05) is 30.4 Å². The van der Waals surface area contributed by atoms with E-state index in [1.807, 2.05) is 12.1 Å². The van der Waals surface area contributed by atoms with Crippen LogP contribution in [0.4, 0.5) is 4.39 Å². The zero-order valence-corrected chi connectivity index (χ0v) is 18.2. The third-order valence-electron chi connectivity index (χ3n) is 6.41. The van der Waals surface area contributed by atoms with Crippen LogP contribution in [0.2, 0.25) is 0 Å². The fourth-order valence-corrected chi connectivity index (χ4v) is 4.81. The zero-order chi connectivity index (χ0) is 21.3. The molecule has 158 valence electrons. The van der Waals surface area contributed by atoms with Crippen LogP contribution in [0, 0.1) is 11.2 Å². The number of hydrogen-bond donors (Lipinski definition) is 1. The quantitative estimate of drug-likeness (QED) is 0.742. The van der Waals surface area contributed by atoms with Crippen molar-refractivity contribution in [1.29, 1.82) is 0 Å². The van der Waals surface area contributed by atoms with Crippen molar-refractivity contribution < 1.29 is 17.9 Å². The highest BCUT2D eigenvalue weighted by molar-refractivity contribution is 7.90. The lowest BCUT2D eigenvalue weighted by atomic mass is 9.81. The molecule has 0 saturated carbocycles. The number of nitrogens with zero attached hydrogens (tertiary/aromatic N) is 1. The van der Waals surface area contributed by atoms with E-state index in [0.717, 1.165) is 43.5 Å². The van der Waals surface area contributed by atoms with Gasteiger partial charge in [-0.05, 0) is 75.0 Å². The first kappa shape index (κ1) is 21.9. The fraction of sp³-hybridized carbons (Fsp3) is 0.478. The summed E-state index contributed by atoms with van der Waals surface area (Å²) in [7, 11) is -3.21. The summed E-state index contributed by atoms with van der Waals surface area (Å²) in [5, 5.41) is 10.2. The van der Waals surface area contributed by atoms with Gasteiger partial charge in [-0.15, -0.1) is 0 Å². The Morgan fingerprint density at radius 1 is 1.10 bits per heavy atom. The minimum Gasteiger partial charge on any atom is -0.396 e. The van der Waals surface area contributed by atoms with Gasteiger partial charge in [-0.3, -0.25) is 4.90 Å². The van der Waals surface area contributed by atoms with E-state index in [4.69, 9.17) is 0 Å². The molecule has 0 aliphatic carbocycles. The number of likely N-dealkylation sites (tertiary alicyclic amines) is 1. The summed E-state index contributed by atoms with van der Waals surface area (Å²) >= 11 is 0. The molecule has 29 heavy (non-hydrogen) atoms. The van der Waals surface area contributed by atoms with Gasteiger partial charge in [-0.2, -0.15) is 0 Å². The Hall–Kier alpha value is -1.76. The van der Waals surface area contributed by atoms with E-state index >= 15 is 0 Å². The lowest BCUT2D eigenvalue weighted by Crippen LogP contribution is -2.42. The third kappa shape index (κ3) is 4.87. The Morgan fingerprint density at radius 2 is 1.72 bits per heavy atom. The van der Waals surface area contributed by atoms with Gasteiger partial charge in [0.25, 0.3) is 0 Å². The maximum absolute atomic E-state index is 13.1. The molecule has 1 N–H and O–H groups in total. The van der Waals surface area contributed by atoms with Crippen LogP contribution in [0.25, 0.3) is 0 Å². The number of aliphatic hydroxyl groups excluding tert-OH is 1. The Bertz CT molecular complexity index is 939. The number of aliphatic hydroxyl groups is 1. The molecule has 1 aliphatic heterocycles. The lowest BCUT2D eigenvalue weighted by molar-refractivity contribution is 0.0871. The second-order valence-electron chi connectivity index (χ2n) is 8.81. The Balaban J connectivity index is 1.72. The first-order valence-corrected chi connectivity index (χ1v) is 11.9. The van der Waals surface area contributed by atoms with Gasteiger partial charge in [0.05, 0.1) is 4.90 Å². The van der Waals surface area contributed by atoms with Crippen molar-refractivity contribution in [2.75, 3.05) is 26.0 Å². The number of hydrogen-bond acceptors (Lipinski definition) is 4. The van der Waals surface area contributed by atoms with Crippen molar-refractivity contribution in [3.05, 3.63) is 65.5 Å². The lowest BCUT2D eigenvalue weighted by Gasteiger charge is -2.38. The molecule has 0 spiro atoms. The highest BCUT2D eigenvalue weighted by atomic mass is 32.2. The second-order valence-corrected chi connectivity index (χ2v) is 10.8. The van der Waals surface area contributed by atoms with Crippen LogP contribution in [-0.2, 0) is 21.8 Å². The number of rotatable bonds is 7. The molecule has 1 fully saturated rings. The molecule has 0 amide bonds. The molecule has 1 saturated heterocycles. The normalized spacial score (nSPS) is 20.9. The van der Waals surface area contributed by atoms with E-state index in [1.54, 1.807) is 24.3 Å². The van der Waals surface area contributed by atoms with Crippen LogP contribution in [0.5, 0.6) is 0 Å². The van der Waals surface area contributed by atoms with Gasteiger partial charge in [-0.25, -0.2) is 12.8 Å². The number of halogens is 1. The van der Waals surface area contributed by atoms with Crippen molar-refractivity contribution in [2.45, 2.75) is 43.5 Å².